The lowest BCUT2D eigenvalue weighted by Crippen LogP contribution is -2.39. The lowest BCUT2D eigenvalue weighted by molar-refractivity contribution is 0.177. The molecule has 0 aromatic heterocycles. The predicted molar refractivity (Wildman–Crippen MR) is 94.9 cm³/mol. The van der Waals surface area contributed by atoms with Gasteiger partial charge in [-0.05, 0) is 43.3 Å². The topological polar surface area (TPSA) is 76.7 Å². The minimum absolute atomic E-state index is 0.0908. The van der Waals surface area contributed by atoms with Gasteiger partial charge in [0.25, 0.3) is 10.0 Å². The first kappa shape index (κ1) is 16.2. The van der Waals surface area contributed by atoms with Gasteiger partial charge in [-0.2, -0.15) is 0 Å². The second kappa shape index (κ2) is 6.24. The summed E-state index contributed by atoms with van der Waals surface area (Å²) in [5.74, 6) is 1.64. The van der Waals surface area contributed by atoms with Gasteiger partial charge in [0.1, 0.15) is 17.6 Å². The molecule has 2 heterocycles. The van der Waals surface area contributed by atoms with E-state index >= 15 is 0 Å². The van der Waals surface area contributed by atoms with Crippen LogP contribution in [0.4, 0.5) is 5.69 Å². The van der Waals surface area contributed by atoms with Crippen LogP contribution < -0.4 is 19.5 Å². The summed E-state index contributed by atoms with van der Waals surface area (Å²) in [4.78, 5) is 0.247. The van der Waals surface area contributed by atoms with E-state index in [0.29, 0.717) is 11.4 Å². The second-order valence-electron chi connectivity index (χ2n) is 6.29. The Kier molecular flexibility index (Phi) is 4.05. The molecule has 7 heteroatoms. The van der Waals surface area contributed by atoms with Crippen molar-refractivity contribution in [2.75, 3.05) is 24.9 Å². The molecule has 2 N–H and O–H groups in total. The summed E-state index contributed by atoms with van der Waals surface area (Å²) in [6, 6.07) is 11.9. The fourth-order valence-electron chi connectivity index (χ4n) is 3.46. The number of nitrogens with one attached hydrogen (secondary N) is 2. The van der Waals surface area contributed by atoms with E-state index in [2.05, 4.69) is 10.0 Å². The van der Waals surface area contributed by atoms with Gasteiger partial charge in [-0.25, -0.2) is 8.42 Å². The van der Waals surface area contributed by atoms with Crippen LogP contribution in [0.15, 0.2) is 47.4 Å². The van der Waals surface area contributed by atoms with E-state index in [0.717, 1.165) is 30.8 Å². The zero-order valence-electron chi connectivity index (χ0n) is 13.9. The largest absolute Gasteiger partial charge is 0.497 e. The molecule has 2 aliphatic rings. The maximum absolute atomic E-state index is 12.8. The molecule has 0 saturated carbocycles. The van der Waals surface area contributed by atoms with Crippen LogP contribution in [-0.4, -0.2) is 34.7 Å². The van der Waals surface area contributed by atoms with Crippen LogP contribution in [0.3, 0.4) is 0 Å². The predicted octanol–water partition coefficient (Wildman–Crippen LogP) is 2.33. The Morgan fingerprint density at radius 3 is 2.96 bits per heavy atom. The average Bonchev–Trinajstić information content (AvgIpc) is 2.99. The van der Waals surface area contributed by atoms with Crippen LogP contribution in [0.1, 0.15) is 17.9 Å². The molecule has 0 radical (unpaired) electrons. The normalized spacial score (nSPS) is 21.8. The minimum atomic E-state index is -3.67. The van der Waals surface area contributed by atoms with E-state index in [1.165, 1.54) is 0 Å². The van der Waals surface area contributed by atoms with Crippen molar-refractivity contribution in [1.29, 1.82) is 0 Å². The number of hydrogen-bond acceptors (Lipinski definition) is 5. The van der Waals surface area contributed by atoms with E-state index in [9.17, 15) is 8.42 Å². The first-order valence-electron chi connectivity index (χ1n) is 8.25. The highest BCUT2D eigenvalue weighted by atomic mass is 32.2. The number of anilines is 1. The van der Waals surface area contributed by atoms with Crippen molar-refractivity contribution in [2.45, 2.75) is 23.3 Å². The molecule has 2 unspecified atom stereocenters. The highest BCUT2D eigenvalue weighted by Gasteiger charge is 2.36. The van der Waals surface area contributed by atoms with E-state index in [1.807, 2.05) is 0 Å². The summed E-state index contributed by atoms with van der Waals surface area (Å²) < 4.78 is 39.2. The zero-order chi connectivity index (χ0) is 17.4. The average molecular weight is 360 g/mol. The van der Waals surface area contributed by atoms with Gasteiger partial charge in [0, 0.05) is 24.1 Å². The van der Waals surface area contributed by atoms with Crippen LogP contribution in [0.5, 0.6) is 11.5 Å². The summed E-state index contributed by atoms with van der Waals surface area (Å²) in [6.45, 7) is 1.71. The first-order valence-corrected chi connectivity index (χ1v) is 9.73. The van der Waals surface area contributed by atoms with Crippen molar-refractivity contribution >= 4 is 15.7 Å². The molecule has 0 amide bonds. The molecule has 6 nitrogen and oxygen atoms in total. The van der Waals surface area contributed by atoms with Crippen molar-refractivity contribution in [1.82, 2.24) is 5.32 Å². The summed E-state index contributed by atoms with van der Waals surface area (Å²) in [5.41, 5.74) is 1.45. The highest BCUT2D eigenvalue weighted by molar-refractivity contribution is 7.92. The molecule has 2 atom stereocenters. The molecule has 2 aromatic carbocycles. The molecular formula is C18H20N2O4S. The Bertz CT molecular complexity index is 898. The third-order valence-corrected chi connectivity index (χ3v) is 6.10. The first-order chi connectivity index (χ1) is 12.1. The molecule has 2 aromatic rings. The van der Waals surface area contributed by atoms with Gasteiger partial charge in [-0.1, -0.05) is 6.07 Å². The minimum Gasteiger partial charge on any atom is -0.497 e. The maximum Gasteiger partial charge on any atom is 0.261 e. The number of fused-ring (bicyclic) bond motifs is 3. The smallest absolute Gasteiger partial charge is 0.261 e. The van der Waals surface area contributed by atoms with Gasteiger partial charge in [-0.15, -0.1) is 0 Å². The van der Waals surface area contributed by atoms with Crippen LogP contribution in [0, 0.1) is 0 Å². The Labute approximate surface area is 147 Å². The maximum atomic E-state index is 12.8. The van der Waals surface area contributed by atoms with Gasteiger partial charge in [0.05, 0.1) is 17.7 Å². The molecule has 4 rings (SSSR count). The number of ether oxygens (including phenoxy) is 2. The number of sulfonamides is 1. The standard InChI is InChI=1S/C18H20N2O4S/c1-23-13-4-2-3-12(9-13)20-25(21,22)14-5-6-17-16(10-14)15-7-8-19-11-18(15)24-17/h2-6,9-10,15,18-20H,7-8,11H2,1H3. The molecule has 0 aliphatic carbocycles. The Balaban J connectivity index is 1.63. The van der Waals surface area contributed by atoms with Crippen molar-refractivity contribution < 1.29 is 17.9 Å². The van der Waals surface area contributed by atoms with E-state index < -0.39 is 10.0 Å². The third kappa shape index (κ3) is 3.05. The number of methoxy groups -OCH3 is 1. The highest BCUT2D eigenvalue weighted by Crippen LogP contribution is 2.42. The summed E-state index contributed by atoms with van der Waals surface area (Å²) in [5, 5.41) is 3.31. The summed E-state index contributed by atoms with van der Waals surface area (Å²) in [6.07, 6.45) is 1.04. The quantitative estimate of drug-likeness (QED) is 0.875. The lowest BCUT2D eigenvalue weighted by atomic mass is 9.90. The number of rotatable bonds is 4. The van der Waals surface area contributed by atoms with Gasteiger partial charge in [0.15, 0.2) is 0 Å². The van der Waals surface area contributed by atoms with Crippen LogP contribution in [-0.2, 0) is 10.0 Å². The fourth-order valence-corrected chi connectivity index (χ4v) is 4.55. The molecule has 1 saturated heterocycles. The Morgan fingerprint density at radius 2 is 2.12 bits per heavy atom. The second-order valence-corrected chi connectivity index (χ2v) is 7.98. The molecule has 1 fully saturated rings. The monoisotopic (exact) mass is 360 g/mol. The molecule has 132 valence electrons. The summed E-state index contributed by atoms with van der Waals surface area (Å²) >= 11 is 0. The third-order valence-electron chi connectivity index (χ3n) is 4.72. The Hall–Kier alpha value is -2.25. The number of hydrogen-bond donors (Lipinski definition) is 2. The van der Waals surface area contributed by atoms with Gasteiger partial charge < -0.3 is 14.8 Å². The van der Waals surface area contributed by atoms with Gasteiger partial charge in [0.2, 0.25) is 0 Å². The molecule has 25 heavy (non-hydrogen) atoms. The van der Waals surface area contributed by atoms with Crippen LogP contribution in [0.2, 0.25) is 0 Å². The van der Waals surface area contributed by atoms with Crippen LogP contribution in [0.25, 0.3) is 0 Å². The molecular weight excluding hydrogens is 340 g/mol. The number of benzene rings is 2. The zero-order valence-corrected chi connectivity index (χ0v) is 14.7. The van der Waals surface area contributed by atoms with Gasteiger partial charge >= 0.3 is 0 Å². The van der Waals surface area contributed by atoms with Gasteiger partial charge in [-0.3, -0.25) is 4.72 Å². The van der Waals surface area contributed by atoms with Crippen molar-refractivity contribution in [2.24, 2.45) is 0 Å². The molecule has 2 aliphatic heterocycles. The fraction of sp³-hybridized carbons (Fsp3) is 0.333. The van der Waals surface area contributed by atoms with Crippen molar-refractivity contribution in [3.8, 4) is 11.5 Å². The SMILES string of the molecule is COc1cccc(NS(=O)(=O)c2ccc3c(c2)C2CCNCC2O3)c1. The number of piperidine rings is 1. The van der Waals surface area contributed by atoms with Crippen LogP contribution >= 0.6 is 0 Å². The van der Waals surface area contributed by atoms with Crippen molar-refractivity contribution in [3.63, 3.8) is 0 Å². The Morgan fingerprint density at radius 1 is 1.24 bits per heavy atom. The lowest BCUT2D eigenvalue weighted by Gasteiger charge is -2.24. The van der Waals surface area contributed by atoms with E-state index in [-0.39, 0.29) is 16.9 Å². The summed E-state index contributed by atoms with van der Waals surface area (Å²) in [7, 11) is -2.13. The van der Waals surface area contributed by atoms with E-state index in [1.54, 1.807) is 49.6 Å². The van der Waals surface area contributed by atoms with Crippen molar-refractivity contribution in [3.05, 3.63) is 48.0 Å². The molecule has 0 spiro atoms. The van der Waals surface area contributed by atoms with E-state index in [4.69, 9.17) is 9.47 Å². The molecule has 0 bridgehead atoms.